The van der Waals surface area contributed by atoms with E-state index < -0.39 is 5.82 Å². The number of ether oxygens (including phenoxy) is 1. The third-order valence-corrected chi connectivity index (χ3v) is 3.54. The molecule has 0 heterocycles. The summed E-state index contributed by atoms with van der Waals surface area (Å²) in [5, 5.41) is 0. The van der Waals surface area contributed by atoms with E-state index in [0.717, 1.165) is 11.1 Å². The molecule has 0 radical (unpaired) electrons. The molecule has 0 fully saturated rings. The van der Waals surface area contributed by atoms with Gasteiger partial charge in [0.1, 0.15) is 0 Å². The Bertz CT molecular complexity index is 653. The van der Waals surface area contributed by atoms with Crippen LogP contribution in [-0.4, -0.2) is 25.0 Å². The van der Waals surface area contributed by atoms with Gasteiger partial charge in [0.2, 0.25) is 5.91 Å². The summed E-state index contributed by atoms with van der Waals surface area (Å²) in [5.41, 5.74) is 2.87. The molecule has 116 valence electrons. The first kappa shape index (κ1) is 16.0. The van der Waals surface area contributed by atoms with E-state index in [0.29, 0.717) is 13.0 Å². The zero-order valence-corrected chi connectivity index (χ0v) is 13.1. The lowest BCUT2D eigenvalue weighted by Gasteiger charge is -2.18. The van der Waals surface area contributed by atoms with Gasteiger partial charge < -0.3 is 9.64 Å². The maximum atomic E-state index is 13.7. The summed E-state index contributed by atoms with van der Waals surface area (Å²) >= 11 is 0. The molecule has 0 saturated heterocycles. The third-order valence-electron chi connectivity index (χ3n) is 3.54. The van der Waals surface area contributed by atoms with Crippen LogP contribution < -0.4 is 4.74 Å². The highest BCUT2D eigenvalue weighted by molar-refractivity contribution is 5.78. The summed E-state index contributed by atoms with van der Waals surface area (Å²) in [4.78, 5) is 13.8. The van der Waals surface area contributed by atoms with Crippen molar-refractivity contribution in [2.75, 3.05) is 14.2 Å². The fraction of sp³-hybridized carbons (Fsp3) is 0.278. The van der Waals surface area contributed by atoms with Crippen molar-refractivity contribution < 1.29 is 13.9 Å². The lowest BCUT2D eigenvalue weighted by molar-refractivity contribution is -0.129. The zero-order valence-electron chi connectivity index (χ0n) is 13.1. The smallest absolute Gasteiger partial charge is 0.227 e. The van der Waals surface area contributed by atoms with E-state index in [-0.39, 0.29) is 11.7 Å². The normalized spacial score (nSPS) is 10.4. The number of carbonyl (C=O) groups is 1. The van der Waals surface area contributed by atoms with Crippen molar-refractivity contribution in [3.05, 3.63) is 65.0 Å². The Kier molecular flexibility index (Phi) is 5.15. The minimum Gasteiger partial charge on any atom is -0.494 e. The number of rotatable bonds is 5. The Morgan fingerprint density at radius 3 is 2.36 bits per heavy atom. The lowest BCUT2D eigenvalue weighted by atomic mass is 10.1. The first-order valence-electron chi connectivity index (χ1n) is 7.11. The van der Waals surface area contributed by atoms with E-state index in [9.17, 15) is 9.18 Å². The van der Waals surface area contributed by atoms with E-state index in [1.54, 1.807) is 24.1 Å². The van der Waals surface area contributed by atoms with Gasteiger partial charge in [-0.2, -0.15) is 0 Å². The van der Waals surface area contributed by atoms with Crippen LogP contribution in [0.5, 0.6) is 5.75 Å². The number of halogens is 1. The van der Waals surface area contributed by atoms with Crippen LogP contribution in [0.3, 0.4) is 0 Å². The van der Waals surface area contributed by atoms with Gasteiger partial charge >= 0.3 is 0 Å². The van der Waals surface area contributed by atoms with Gasteiger partial charge in [-0.05, 0) is 30.2 Å². The molecule has 0 unspecified atom stereocenters. The molecule has 22 heavy (non-hydrogen) atoms. The first-order valence-corrected chi connectivity index (χ1v) is 7.11. The molecule has 0 aliphatic heterocycles. The molecular formula is C18H20FNO2. The summed E-state index contributed by atoms with van der Waals surface area (Å²) < 4.78 is 18.5. The zero-order chi connectivity index (χ0) is 16.1. The van der Waals surface area contributed by atoms with Crippen LogP contribution in [0.1, 0.15) is 16.7 Å². The predicted octanol–water partition coefficient (Wildman–Crippen LogP) is 3.34. The average Bonchev–Trinajstić information content (AvgIpc) is 2.49. The first-order chi connectivity index (χ1) is 10.5. The number of aryl methyl sites for hydroxylation is 1. The van der Waals surface area contributed by atoms with Crippen molar-refractivity contribution in [3.8, 4) is 5.75 Å². The van der Waals surface area contributed by atoms with E-state index >= 15 is 0 Å². The van der Waals surface area contributed by atoms with Gasteiger partial charge in [-0.3, -0.25) is 4.79 Å². The second kappa shape index (κ2) is 7.07. The van der Waals surface area contributed by atoms with Crippen LogP contribution in [0, 0.1) is 12.7 Å². The fourth-order valence-corrected chi connectivity index (χ4v) is 2.19. The molecule has 0 spiro atoms. The maximum Gasteiger partial charge on any atom is 0.227 e. The average molecular weight is 301 g/mol. The Hall–Kier alpha value is -2.36. The molecule has 1 amide bonds. The molecule has 0 aliphatic carbocycles. The van der Waals surface area contributed by atoms with Crippen LogP contribution in [0.15, 0.2) is 42.5 Å². The van der Waals surface area contributed by atoms with E-state index in [1.165, 1.54) is 18.7 Å². The highest BCUT2D eigenvalue weighted by Crippen LogP contribution is 2.18. The molecule has 0 bridgehead atoms. The van der Waals surface area contributed by atoms with E-state index in [4.69, 9.17) is 4.74 Å². The molecule has 0 N–H and O–H groups in total. The van der Waals surface area contributed by atoms with Gasteiger partial charge in [0.25, 0.3) is 0 Å². The summed E-state index contributed by atoms with van der Waals surface area (Å²) in [7, 11) is 3.15. The molecule has 3 nitrogen and oxygen atoms in total. The number of hydrogen-bond donors (Lipinski definition) is 0. The number of benzene rings is 2. The molecular weight excluding hydrogens is 281 g/mol. The van der Waals surface area contributed by atoms with E-state index in [1.807, 2.05) is 31.2 Å². The molecule has 2 aromatic rings. The second-order valence-corrected chi connectivity index (χ2v) is 5.38. The lowest BCUT2D eigenvalue weighted by Crippen LogP contribution is -2.27. The van der Waals surface area contributed by atoms with Crippen molar-refractivity contribution in [2.45, 2.75) is 19.9 Å². The van der Waals surface area contributed by atoms with Gasteiger partial charge in [0.15, 0.2) is 11.6 Å². The van der Waals surface area contributed by atoms with Crippen LogP contribution in [0.25, 0.3) is 0 Å². The third kappa shape index (κ3) is 4.07. The highest BCUT2D eigenvalue weighted by atomic mass is 19.1. The number of amides is 1. The Balaban J connectivity index is 1.99. The van der Waals surface area contributed by atoms with Crippen molar-refractivity contribution >= 4 is 5.91 Å². The van der Waals surface area contributed by atoms with Crippen molar-refractivity contribution in [3.63, 3.8) is 0 Å². The quantitative estimate of drug-likeness (QED) is 0.847. The number of carbonyl (C=O) groups excluding carboxylic acids is 1. The topological polar surface area (TPSA) is 29.5 Å². The molecule has 0 aromatic heterocycles. The maximum absolute atomic E-state index is 13.7. The molecule has 0 saturated carbocycles. The number of nitrogens with zero attached hydrogens (tertiary/aromatic N) is 1. The highest BCUT2D eigenvalue weighted by Gasteiger charge is 2.11. The van der Waals surface area contributed by atoms with Crippen molar-refractivity contribution in [1.82, 2.24) is 4.90 Å². The minimum absolute atomic E-state index is 0.0000734. The molecule has 2 aromatic carbocycles. The molecule has 0 aliphatic rings. The summed E-state index contributed by atoms with van der Waals surface area (Å²) in [5.74, 6) is -0.211. The van der Waals surface area contributed by atoms with Gasteiger partial charge in [-0.25, -0.2) is 4.39 Å². The van der Waals surface area contributed by atoms with Crippen LogP contribution >= 0.6 is 0 Å². The summed E-state index contributed by atoms with van der Waals surface area (Å²) in [6.45, 7) is 2.38. The Labute approximate surface area is 130 Å². The largest absolute Gasteiger partial charge is 0.494 e. The van der Waals surface area contributed by atoms with Gasteiger partial charge in [0.05, 0.1) is 13.5 Å². The van der Waals surface area contributed by atoms with E-state index in [2.05, 4.69) is 0 Å². The predicted molar refractivity (Wildman–Crippen MR) is 84.3 cm³/mol. The van der Waals surface area contributed by atoms with Gasteiger partial charge in [0, 0.05) is 13.6 Å². The summed E-state index contributed by atoms with van der Waals surface area (Å²) in [6, 6.07) is 12.6. The van der Waals surface area contributed by atoms with Crippen LogP contribution in [-0.2, 0) is 17.8 Å². The van der Waals surface area contributed by atoms with Crippen LogP contribution in [0.4, 0.5) is 4.39 Å². The van der Waals surface area contributed by atoms with Crippen molar-refractivity contribution in [1.29, 1.82) is 0 Å². The number of likely N-dealkylation sites (N-methyl/N-ethyl adjacent to an activating group) is 1. The Morgan fingerprint density at radius 2 is 1.77 bits per heavy atom. The fourth-order valence-electron chi connectivity index (χ4n) is 2.19. The second-order valence-electron chi connectivity index (χ2n) is 5.38. The summed E-state index contributed by atoms with van der Waals surface area (Å²) in [6.07, 6.45) is 0.343. The SMILES string of the molecule is COc1ccc(CN(C)C(=O)Cc2ccc(C)cc2)cc1F. The van der Waals surface area contributed by atoms with Crippen molar-refractivity contribution in [2.24, 2.45) is 0 Å². The number of hydrogen-bond acceptors (Lipinski definition) is 2. The molecule has 2 rings (SSSR count). The van der Waals surface area contributed by atoms with Gasteiger partial charge in [-0.15, -0.1) is 0 Å². The molecule has 0 atom stereocenters. The Morgan fingerprint density at radius 1 is 1.14 bits per heavy atom. The van der Waals surface area contributed by atoms with Crippen LogP contribution in [0.2, 0.25) is 0 Å². The molecule has 4 heteroatoms. The monoisotopic (exact) mass is 301 g/mol. The minimum atomic E-state index is -0.417. The number of methoxy groups -OCH3 is 1. The standard InChI is InChI=1S/C18H20FNO2/c1-13-4-6-14(7-5-13)11-18(21)20(2)12-15-8-9-17(22-3)16(19)10-15/h4-10H,11-12H2,1-3H3. The van der Waals surface area contributed by atoms with Gasteiger partial charge in [-0.1, -0.05) is 35.9 Å².